The Kier molecular flexibility index (Phi) is 3.88. The highest BCUT2D eigenvalue weighted by molar-refractivity contribution is 5.68. The Morgan fingerprint density at radius 2 is 2.05 bits per heavy atom. The molecule has 2 aromatic rings. The Morgan fingerprint density at radius 1 is 1.25 bits per heavy atom. The second-order valence-electron chi connectivity index (χ2n) is 5.81. The SMILES string of the molecule is Cc1nn(CC2CCCNC2)c(C)c1-c1ccccc1. The van der Waals surface area contributed by atoms with Crippen LogP contribution in [0.4, 0.5) is 0 Å². The van der Waals surface area contributed by atoms with Crippen molar-refractivity contribution < 1.29 is 0 Å². The minimum atomic E-state index is 0.713. The lowest BCUT2D eigenvalue weighted by Crippen LogP contribution is -2.32. The smallest absolute Gasteiger partial charge is 0.0674 e. The molecule has 0 spiro atoms. The van der Waals surface area contributed by atoms with Crippen LogP contribution in [0.2, 0.25) is 0 Å². The molecule has 1 aromatic heterocycles. The van der Waals surface area contributed by atoms with Gasteiger partial charge in [-0.3, -0.25) is 4.68 Å². The Morgan fingerprint density at radius 3 is 2.75 bits per heavy atom. The fraction of sp³-hybridized carbons (Fsp3) is 0.471. The molecular weight excluding hydrogens is 246 g/mol. The molecule has 1 aromatic carbocycles. The highest BCUT2D eigenvalue weighted by atomic mass is 15.3. The summed E-state index contributed by atoms with van der Waals surface area (Å²) < 4.78 is 2.20. The van der Waals surface area contributed by atoms with Crippen LogP contribution in [0, 0.1) is 19.8 Å². The number of rotatable bonds is 3. The van der Waals surface area contributed by atoms with E-state index in [1.54, 1.807) is 0 Å². The summed E-state index contributed by atoms with van der Waals surface area (Å²) in [7, 11) is 0. The van der Waals surface area contributed by atoms with Gasteiger partial charge in [-0.05, 0) is 51.3 Å². The summed E-state index contributed by atoms with van der Waals surface area (Å²) in [6, 6.07) is 10.6. The Labute approximate surface area is 121 Å². The molecule has 1 atom stereocenters. The van der Waals surface area contributed by atoms with E-state index in [0.29, 0.717) is 5.92 Å². The predicted octanol–water partition coefficient (Wildman–Crippen LogP) is 3.17. The van der Waals surface area contributed by atoms with Crippen molar-refractivity contribution in [1.29, 1.82) is 0 Å². The number of aromatic nitrogens is 2. The highest BCUT2D eigenvalue weighted by Gasteiger charge is 2.18. The van der Waals surface area contributed by atoms with Gasteiger partial charge in [0.05, 0.1) is 5.69 Å². The van der Waals surface area contributed by atoms with Gasteiger partial charge in [0.1, 0.15) is 0 Å². The number of piperidine rings is 1. The first-order valence-corrected chi connectivity index (χ1v) is 7.56. The van der Waals surface area contributed by atoms with Crippen LogP contribution in [-0.4, -0.2) is 22.9 Å². The maximum atomic E-state index is 4.77. The third-order valence-corrected chi connectivity index (χ3v) is 4.27. The summed E-state index contributed by atoms with van der Waals surface area (Å²) in [6.45, 7) is 7.64. The predicted molar refractivity (Wildman–Crippen MR) is 82.7 cm³/mol. The highest BCUT2D eigenvalue weighted by Crippen LogP contribution is 2.27. The largest absolute Gasteiger partial charge is 0.316 e. The van der Waals surface area contributed by atoms with Gasteiger partial charge >= 0.3 is 0 Å². The van der Waals surface area contributed by atoms with Crippen LogP contribution < -0.4 is 5.32 Å². The number of hydrogen-bond donors (Lipinski definition) is 1. The molecule has 3 rings (SSSR count). The lowest BCUT2D eigenvalue weighted by molar-refractivity contribution is 0.322. The van der Waals surface area contributed by atoms with E-state index in [9.17, 15) is 0 Å². The number of aryl methyl sites for hydroxylation is 1. The average Bonchev–Trinajstić information content (AvgIpc) is 2.75. The van der Waals surface area contributed by atoms with Crippen LogP contribution in [0.25, 0.3) is 11.1 Å². The van der Waals surface area contributed by atoms with Gasteiger partial charge in [0, 0.05) is 17.8 Å². The van der Waals surface area contributed by atoms with Crippen LogP contribution in [0.3, 0.4) is 0 Å². The van der Waals surface area contributed by atoms with E-state index in [-0.39, 0.29) is 0 Å². The fourth-order valence-corrected chi connectivity index (χ4v) is 3.22. The summed E-state index contributed by atoms with van der Waals surface area (Å²) in [5, 5.41) is 8.26. The Bertz CT molecular complexity index is 565. The van der Waals surface area contributed by atoms with Gasteiger partial charge < -0.3 is 5.32 Å². The maximum Gasteiger partial charge on any atom is 0.0674 e. The summed E-state index contributed by atoms with van der Waals surface area (Å²) in [6.07, 6.45) is 2.60. The average molecular weight is 269 g/mol. The molecule has 1 fully saturated rings. The number of nitrogens with zero attached hydrogens (tertiary/aromatic N) is 2. The zero-order chi connectivity index (χ0) is 13.9. The summed E-state index contributed by atoms with van der Waals surface area (Å²) in [5.41, 5.74) is 5.00. The van der Waals surface area contributed by atoms with Crippen molar-refractivity contribution in [2.24, 2.45) is 5.92 Å². The van der Waals surface area contributed by atoms with Crippen molar-refractivity contribution in [3.8, 4) is 11.1 Å². The van der Waals surface area contributed by atoms with Gasteiger partial charge in [-0.1, -0.05) is 30.3 Å². The second kappa shape index (κ2) is 5.80. The first-order valence-electron chi connectivity index (χ1n) is 7.56. The van der Waals surface area contributed by atoms with Crippen molar-refractivity contribution >= 4 is 0 Å². The van der Waals surface area contributed by atoms with E-state index in [0.717, 1.165) is 18.8 Å². The first kappa shape index (κ1) is 13.4. The van der Waals surface area contributed by atoms with Crippen LogP contribution in [-0.2, 0) is 6.54 Å². The molecule has 1 aliphatic rings. The molecule has 0 radical (unpaired) electrons. The van der Waals surface area contributed by atoms with E-state index >= 15 is 0 Å². The molecule has 0 saturated carbocycles. The zero-order valence-electron chi connectivity index (χ0n) is 12.4. The number of hydrogen-bond acceptors (Lipinski definition) is 2. The summed E-state index contributed by atoms with van der Waals surface area (Å²) >= 11 is 0. The summed E-state index contributed by atoms with van der Waals surface area (Å²) in [4.78, 5) is 0. The van der Waals surface area contributed by atoms with Crippen LogP contribution in [0.15, 0.2) is 30.3 Å². The quantitative estimate of drug-likeness (QED) is 0.927. The molecular formula is C17H23N3. The molecule has 0 aliphatic carbocycles. The molecule has 2 heterocycles. The van der Waals surface area contributed by atoms with Gasteiger partial charge in [-0.2, -0.15) is 5.10 Å². The fourth-order valence-electron chi connectivity index (χ4n) is 3.22. The molecule has 106 valence electrons. The van der Waals surface area contributed by atoms with Gasteiger partial charge in [-0.15, -0.1) is 0 Å². The molecule has 1 saturated heterocycles. The second-order valence-corrected chi connectivity index (χ2v) is 5.81. The standard InChI is InChI=1S/C17H23N3/c1-13-17(16-8-4-3-5-9-16)14(2)20(19-13)12-15-7-6-10-18-11-15/h3-5,8-9,15,18H,6-7,10-12H2,1-2H3. The van der Waals surface area contributed by atoms with Crippen LogP contribution in [0.1, 0.15) is 24.2 Å². The van der Waals surface area contributed by atoms with E-state index in [2.05, 4.69) is 54.2 Å². The molecule has 1 unspecified atom stereocenters. The Hall–Kier alpha value is -1.61. The van der Waals surface area contributed by atoms with E-state index in [4.69, 9.17) is 5.10 Å². The molecule has 0 bridgehead atoms. The maximum absolute atomic E-state index is 4.77. The first-order chi connectivity index (χ1) is 9.75. The minimum Gasteiger partial charge on any atom is -0.316 e. The van der Waals surface area contributed by atoms with Crippen molar-refractivity contribution in [3.63, 3.8) is 0 Å². The van der Waals surface area contributed by atoms with Crippen molar-refractivity contribution in [2.45, 2.75) is 33.2 Å². The lowest BCUT2D eigenvalue weighted by atomic mass is 9.99. The van der Waals surface area contributed by atoms with Crippen LogP contribution >= 0.6 is 0 Å². The topological polar surface area (TPSA) is 29.9 Å². The van der Waals surface area contributed by atoms with E-state index in [1.165, 1.54) is 36.2 Å². The summed E-state index contributed by atoms with van der Waals surface area (Å²) in [5.74, 6) is 0.713. The minimum absolute atomic E-state index is 0.713. The monoisotopic (exact) mass is 269 g/mol. The van der Waals surface area contributed by atoms with Gasteiger partial charge in [0.15, 0.2) is 0 Å². The molecule has 3 nitrogen and oxygen atoms in total. The third-order valence-electron chi connectivity index (χ3n) is 4.27. The van der Waals surface area contributed by atoms with Gasteiger partial charge in [-0.25, -0.2) is 0 Å². The molecule has 1 aliphatic heterocycles. The van der Waals surface area contributed by atoms with E-state index in [1.807, 2.05) is 0 Å². The number of benzene rings is 1. The molecule has 1 N–H and O–H groups in total. The molecule has 0 amide bonds. The van der Waals surface area contributed by atoms with Gasteiger partial charge in [0.25, 0.3) is 0 Å². The molecule has 20 heavy (non-hydrogen) atoms. The van der Waals surface area contributed by atoms with Crippen LogP contribution in [0.5, 0.6) is 0 Å². The normalized spacial score (nSPS) is 19.2. The van der Waals surface area contributed by atoms with E-state index < -0.39 is 0 Å². The third kappa shape index (κ3) is 2.63. The van der Waals surface area contributed by atoms with Crippen molar-refractivity contribution in [1.82, 2.24) is 15.1 Å². The Balaban J connectivity index is 1.87. The molecule has 3 heteroatoms. The lowest BCUT2D eigenvalue weighted by Gasteiger charge is -2.23. The van der Waals surface area contributed by atoms with Crippen molar-refractivity contribution in [3.05, 3.63) is 41.7 Å². The zero-order valence-corrected chi connectivity index (χ0v) is 12.4. The number of nitrogens with one attached hydrogen (secondary N) is 1. The van der Waals surface area contributed by atoms with Gasteiger partial charge in [0.2, 0.25) is 0 Å². The van der Waals surface area contributed by atoms with Crippen molar-refractivity contribution in [2.75, 3.05) is 13.1 Å².